The van der Waals surface area contributed by atoms with Crippen molar-refractivity contribution in [1.82, 2.24) is 15.0 Å². The molecule has 3 heterocycles. The number of benzene rings is 8. The maximum atomic E-state index is 14.9. The highest BCUT2D eigenvalue weighted by molar-refractivity contribution is 7.92. The molecule has 64 heavy (non-hydrogen) atoms. The van der Waals surface area contributed by atoms with Crippen molar-refractivity contribution in [3.8, 4) is 89.5 Å². The number of aromatic nitrogens is 3. The normalized spacial score (nSPS) is 15.5. The highest BCUT2D eigenvalue weighted by Gasteiger charge is 2.52. The van der Waals surface area contributed by atoms with Gasteiger partial charge in [0.15, 0.2) is 5.82 Å². The largest absolute Gasteiger partial charge is 0.264 e. The minimum absolute atomic E-state index is 0.355. The Morgan fingerprint density at radius 3 is 1.67 bits per heavy atom. The van der Waals surface area contributed by atoms with E-state index in [0.29, 0.717) is 15.6 Å². The molecule has 300 valence electrons. The second-order valence-electron chi connectivity index (χ2n) is 16.7. The Morgan fingerprint density at radius 1 is 0.375 bits per heavy atom. The van der Waals surface area contributed by atoms with Crippen molar-refractivity contribution < 1.29 is 8.42 Å². The van der Waals surface area contributed by atoms with Gasteiger partial charge in [0.05, 0.1) is 26.6 Å². The first-order chi connectivity index (χ1) is 31.5. The van der Waals surface area contributed by atoms with Gasteiger partial charge in [-0.2, -0.15) is 0 Å². The number of pyridine rings is 1. The van der Waals surface area contributed by atoms with Crippen LogP contribution in [0.25, 0.3) is 89.5 Å². The topological polar surface area (TPSA) is 72.8 Å². The van der Waals surface area contributed by atoms with Crippen molar-refractivity contribution >= 4 is 9.84 Å². The molecule has 0 amide bonds. The van der Waals surface area contributed by atoms with E-state index in [1.165, 1.54) is 0 Å². The monoisotopic (exact) mass is 837 g/mol. The summed E-state index contributed by atoms with van der Waals surface area (Å²) in [5.74, 6) is 0.627. The highest BCUT2D eigenvalue weighted by Crippen LogP contribution is 2.64. The Bertz CT molecular complexity index is 3680. The molecular formula is C58H35N3O2S. The molecule has 8 aromatic carbocycles. The molecule has 0 bridgehead atoms. The standard InChI is InChI=1S/C58H35N3O2S/c62-64(63)54-23-11-8-19-45(54)46-30-31-50-55(56(46)64)47-20-7-10-22-49(47)58(50)48-21-9-6-18-43(48)41-16-4-5-17-42(41)44-29-28-39(33-51(44)58)53-34-52(60-57(61-53)38-13-2-1-3-14-38)37-26-24-36(25-27-37)40-15-12-32-59-35-40/h1-35H. The van der Waals surface area contributed by atoms with Gasteiger partial charge in [-0.3, -0.25) is 4.98 Å². The summed E-state index contributed by atoms with van der Waals surface area (Å²) >= 11 is 0. The average molecular weight is 838 g/mol. The van der Waals surface area contributed by atoms with Crippen LogP contribution in [0, 0.1) is 0 Å². The lowest BCUT2D eigenvalue weighted by Gasteiger charge is -2.35. The van der Waals surface area contributed by atoms with Crippen LogP contribution in [0.15, 0.2) is 222 Å². The number of nitrogens with zero attached hydrogens (tertiary/aromatic N) is 3. The zero-order valence-electron chi connectivity index (χ0n) is 34.3. The van der Waals surface area contributed by atoms with Gasteiger partial charge >= 0.3 is 0 Å². The van der Waals surface area contributed by atoms with Crippen LogP contribution in [0.1, 0.15) is 22.3 Å². The predicted octanol–water partition coefficient (Wildman–Crippen LogP) is 13.4. The van der Waals surface area contributed by atoms with Crippen LogP contribution in [-0.4, -0.2) is 23.4 Å². The molecule has 0 radical (unpaired) electrons. The molecule has 5 nitrogen and oxygen atoms in total. The first-order valence-corrected chi connectivity index (χ1v) is 22.9. The summed E-state index contributed by atoms with van der Waals surface area (Å²) in [5, 5.41) is 0. The fraction of sp³-hybridized carbons (Fsp3) is 0.0172. The lowest BCUT2D eigenvalue weighted by Crippen LogP contribution is -2.29. The van der Waals surface area contributed by atoms with E-state index in [0.717, 1.165) is 106 Å². The van der Waals surface area contributed by atoms with Crippen LogP contribution in [0.5, 0.6) is 0 Å². The number of fused-ring (bicyclic) bond motifs is 16. The zero-order chi connectivity index (χ0) is 42.6. The molecule has 13 rings (SSSR count). The number of sulfone groups is 1. The van der Waals surface area contributed by atoms with Crippen molar-refractivity contribution in [2.24, 2.45) is 0 Å². The molecule has 1 unspecified atom stereocenters. The lowest BCUT2D eigenvalue weighted by molar-refractivity contribution is 0.599. The average Bonchev–Trinajstić information content (AvgIpc) is 3.75. The maximum Gasteiger partial charge on any atom is 0.208 e. The molecule has 1 aliphatic heterocycles. The van der Waals surface area contributed by atoms with E-state index in [2.05, 4.69) is 132 Å². The Balaban J connectivity index is 1.10. The van der Waals surface area contributed by atoms with E-state index in [-0.39, 0.29) is 0 Å². The van der Waals surface area contributed by atoms with Gasteiger partial charge in [0.1, 0.15) is 0 Å². The molecule has 1 spiro atoms. The van der Waals surface area contributed by atoms with Gasteiger partial charge in [-0.1, -0.05) is 176 Å². The SMILES string of the molecule is O=S1(=O)c2ccccc2-c2ccc3c(c21)-c1ccccc1C31c2ccccc2-c2ccccc2-c2ccc(-c3cc(-c4ccc(-c5cccnc5)cc4)nc(-c4ccccc4)n3)cc21. The van der Waals surface area contributed by atoms with Crippen molar-refractivity contribution in [3.63, 3.8) is 0 Å². The molecule has 0 saturated heterocycles. The van der Waals surface area contributed by atoms with Crippen LogP contribution >= 0.6 is 0 Å². The summed E-state index contributed by atoms with van der Waals surface area (Å²) in [6.45, 7) is 0. The van der Waals surface area contributed by atoms with Crippen molar-refractivity contribution in [3.05, 3.63) is 235 Å². The molecule has 3 aliphatic rings. The third kappa shape index (κ3) is 5.11. The minimum Gasteiger partial charge on any atom is -0.264 e. The van der Waals surface area contributed by atoms with Gasteiger partial charge in [-0.25, -0.2) is 18.4 Å². The summed E-state index contributed by atoms with van der Waals surface area (Å²) in [6.07, 6.45) is 3.66. The Kier molecular flexibility index (Phi) is 7.84. The second kappa shape index (κ2) is 13.7. The Morgan fingerprint density at radius 2 is 0.938 bits per heavy atom. The van der Waals surface area contributed by atoms with Gasteiger partial charge in [0, 0.05) is 45.8 Å². The predicted molar refractivity (Wildman–Crippen MR) is 254 cm³/mol. The molecular weight excluding hydrogens is 803 g/mol. The van der Waals surface area contributed by atoms with E-state index < -0.39 is 15.3 Å². The van der Waals surface area contributed by atoms with E-state index >= 15 is 0 Å². The molecule has 2 aromatic heterocycles. The van der Waals surface area contributed by atoms with Gasteiger partial charge in [0.2, 0.25) is 9.84 Å². The van der Waals surface area contributed by atoms with Crippen molar-refractivity contribution in [2.45, 2.75) is 15.2 Å². The maximum absolute atomic E-state index is 14.9. The van der Waals surface area contributed by atoms with Crippen LogP contribution in [0.3, 0.4) is 0 Å². The van der Waals surface area contributed by atoms with Gasteiger partial charge in [-0.05, 0) is 85.5 Å². The number of hydrogen-bond donors (Lipinski definition) is 0. The minimum atomic E-state index is -3.86. The Labute approximate surface area is 371 Å². The molecule has 6 heteroatoms. The van der Waals surface area contributed by atoms with Crippen molar-refractivity contribution in [2.75, 3.05) is 0 Å². The van der Waals surface area contributed by atoms with Crippen LogP contribution in [-0.2, 0) is 15.3 Å². The molecule has 0 N–H and O–H groups in total. The highest BCUT2D eigenvalue weighted by atomic mass is 32.2. The quantitative estimate of drug-likeness (QED) is 0.177. The van der Waals surface area contributed by atoms with E-state index in [1.54, 1.807) is 12.3 Å². The van der Waals surface area contributed by atoms with Crippen molar-refractivity contribution in [1.29, 1.82) is 0 Å². The summed E-state index contributed by atoms with van der Waals surface area (Å²) in [4.78, 5) is 15.6. The lowest BCUT2D eigenvalue weighted by atomic mass is 9.65. The van der Waals surface area contributed by atoms with E-state index in [1.807, 2.05) is 72.9 Å². The fourth-order valence-corrected chi connectivity index (χ4v) is 12.6. The summed E-state index contributed by atoms with van der Waals surface area (Å²) < 4.78 is 29.7. The first-order valence-electron chi connectivity index (χ1n) is 21.4. The molecule has 10 aromatic rings. The van der Waals surface area contributed by atoms with E-state index in [9.17, 15) is 8.42 Å². The summed E-state index contributed by atoms with van der Waals surface area (Å²) in [5.41, 5.74) is 17.4. The smallest absolute Gasteiger partial charge is 0.208 e. The third-order valence-corrected chi connectivity index (χ3v) is 15.3. The second-order valence-corrected chi connectivity index (χ2v) is 18.5. The van der Waals surface area contributed by atoms with Crippen LogP contribution in [0.2, 0.25) is 0 Å². The Hall–Kier alpha value is -8.06. The van der Waals surface area contributed by atoms with Crippen LogP contribution < -0.4 is 0 Å². The molecule has 2 aliphatic carbocycles. The summed E-state index contributed by atoms with van der Waals surface area (Å²) in [7, 11) is -3.86. The van der Waals surface area contributed by atoms with E-state index in [4.69, 9.17) is 9.97 Å². The zero-order valence-corrected chi connectivity index (χ0v) is 35.1. The summed E-state index contributed by atoms with van der Waals surface area (Å²) in [6, 6.07) is 68.7. The molecule has 0 fully saturated rings. The number of rotatable bonds is 4. The molecule has 0 saturated carbocycles. The van der Waals surface area contributed by atoms with Gasteiger partial charge < -0.3 is 0 Å². The number of hydrogen-bond acceptors (Lipinski definition) is 5. The molecule has 1 atom stereocenters. The van der Waals surface area contributed by atoms with Gasteiger partial charge in [0.25, 0.3) is 0 Å². The third-order valence-electron chi connectivity index (χ3n) is 13.4. The van der Waals surface area contributed by atoms with Gasteiger partial charge in [-0.15, -0.1) is 0 Å². The first kappa shape index (κ1) is 36.6. The van der Waals surface area contributed by atoms with Crippen LogP contribution in [0.4, 0.5) is 0 Å². The fourth-order valence-electron chi connectivity index (χ4n) is 10.7.